The second kappa shape index (κ2) is 5.04. The van der Waals surface area contributed by atoms with Crippen molar-refractivity contribution in [2.75, 3.05) is 13.7 Å². The first-order valence-corrected chi connectivity index (χ1v) is 3.53. The zero-order valence-electron chi connectivity index (χ0n) is 7.09. The van der Waals surface area contributed by atoms with Crippen molar-refractivity contribution in [2.24, 2.45) is 5.73 Å². The number of Topliss-reactive ketones (excluding diaryl/α,β-unsaturated/α-hetero) is 1. The van der Waals surface area contributed by atoms with E-state index in [1.807, 2.05) is 0 Å². The summed E-state index contributed by atoms with van der Waals surface area (Å²) < 4.78 is 4.78. The van der Waals surface area contributed by atoms with Gasteiger partial charge in [0.2, 0.25) is 0 Å². The third-order valence-electron chi connectivity index (χ3n) is 1.39. The zero-order valence-corrected chi connectivity index (χ0v) is 7.09. The molecular weight excluding hydrogens is 142 g/mol. The topological polar surface area (TPSA) is 52.3 Å². The van der Waals surface area contributed by atoms with Crippen LogP contribution in [-0.4, -0.2) is 25.5 Å². The van der Waals surface area contributed by atoms with Crippen LogP contribution in [0.5, 0.6) is 0 Å². The van der Waals surface area contributed by atoms with Gasteiger partial charge in [0.15, 0.2) is 5.78 Å². The molecule has 64 valence electrons. The van der Waals surface area contributed by atoms with Crippen LogP contribution >= 0.6 is 0 Å². The van der Waals surface area contributed by atoms with Gasteiger partial charge in [-0.15, -0.1) is 0 Å². The molecule has 0 saturated heterocycles. The number of carbonyl (C=O) groups is 1. The molecule has 0 saturated carbocycles. The SMILES string of the molecule is C=C(C)C(=O)C(N)CCOC. The maximum Gasteiger partial charge on any atom is 0.174 e. The summed E-state index contributed by atoms with van der Waals surface area (Å²) >= 11 is 0. The van der Waals surface area contributed by atoms with Crippen LogP contribution in [-0.2, 0) is 9.53 Å². The largest absolute Gasteiger partial charge is 0.385 e. The summed E-state index contributed by atoms with van der Waals surface area (Å²) in [6.07, 6.45) is 0.558. The quantitative estimate of drug-likeness (QED) is 0.591. The van der Waals surface area contributed by atoms with Gasteiger partial charge in [-0.25, -0.2) is 0 Å². The highest BCUT2D eigenvalue weighted by atomic mass is 16.5. The molecule has 3 heteroatoms. The maximum absolute atomic E-state index is 11.1. The Kier molecular flexibility index (Phi) is 4.74. The second-order valence-electron chi connectivity index (χ2n) is 2.53. The molecule has 0 fully saturated rings. The van der Waals surface area contributed by atoms with Gasteiger partial charge in [0.05, 0.1) is 6.04 Å². The predicted molar refractivity (Wildman–Crippen MR) is 44.3 cm³/mol. The molecule has 2 N–H and O–H groups in total. The van der Waals surface area contributed by atoms with Crippen molar-refractivity contribution in [2.45, 2.75) is 19.4 Å². The van der Waals surface area contributed by atoms with E-state index in [2.05, 4.69) is 6.58 Å². The van der Waals surface area contributed by atoms with E-state index in [1.54, 1.807) is 14.0 Å². The van der Waals surface area contributed by atoms with Crippen molar-refractivity contribution >= 4 is 5.78 Å². The van der Waals surface area contributed by atoms with Crippen molar-refractivity contribution in [3.8, 4) is 0 Å². The van der Waals surface area contributed by atoms with Crippen LogP contribution in [0, 0.1) is 0 Å². The molecule has 0 aliphatic carbocycles. The first-order chi connectivity index (χ1) is 5.09. The van der Waals surface area contributed by atoms with Gasteiger partial charge in [-0.2, -0.15) is 0 Å². The molecule has 0 amide bonds. The number of ketones is 1. The van der Waals surface area contributed by atoms with E-state index >= 15 is 0 Å². The highest BCUT2D eigenvalue weighted by Gasteiger charge is 2.12. The fraction of sp³-hybridized carbons (Fsp3) is 0.625. The van der Waals surface area contributed by atoms with Crippen molar-refractivity contribution < 1.29 is 9.53 Å². The molecule has 1 unspecified atom stereocenters. The minimum absolute atomic E-state index is 0.0814. The number of methoxy groups -OCH3 is 1. The van der Waals surface area contributed by atoms with Gasteiger partial charge in [0, 0.05) is 13.7 Å². The number of ether oxygens (including phenoxy) is 1. The van der Waals surface area contributed by atoms with Crippen LogP contribution in [0.25, 0.3) is 0 Å². The van der Waals surface area contributed by atoms with E-state index in [1.165, 1.54) is 0 Å². The molecule has 0 radical (unpaired) electrons. The van der Waals surface area contributed by atoms with Gasteiger partial charge in [-0.1, -0.05) is 6.58 Å². The van der Waals surface area contributed by atoms with E-state index < -0.39 is 6.04 Å². The summed E-state index contributed by atoms with van der Waals surface area (Å²) in [5.41, 5.74) is 6.02. The first-order valence-electron chi connectivity index (χ1n) is 3.53. The molecule has 0 rings (SSSR count). The van der Waals surface area contributed by atoms with Crippen molar-refractivity contribution in [3.63, 3.8) is 0 Å². The average molecular weight is 157 g/mol. The fourth-order valence-electron chi connectivity index (χ4n) is 0.692. The number of hydrogen-bond acceptors (Lipinski definition) is 3. The molecule has 0 aromatic rings. The third-order valence-corrected chi connectivity index (χ3v) is 1.39. The Bertz CT molecular complexity index is 154. The number of rotatable bonds is 5. The number of carbonyl (C=O) groups excluding carboxylic acids is 1. The maximum atomic E-state index is 11.1. The number of nitrogens with two attached hydrogens (primary N) is 1. The van der Waals surface area contributed by atoms with Gasteiger partial charge in [0.1, 0.15) is 0 Å². The lowest BCUT2D eigenvalue weighted by molar-refractivity contribution is -0.117. The molecule has 0 spiro atoms. The van der Waals surface area contributed by atoms with E-state index in [9.17, 15) is 4.79 Å². The summed E-state index contributed by atoms with van der Waals surface area (Å²) in [5.74, 6) is -0.0814. The highest BCUT2D eigenvalue weighted by Crippen LogP contribution is 1.98. The van der Waals surface area contributed by atoms with Crippen LogP contribution in [0.3, 0.4) is 0 Å². The van der Waals surface area contributed by atoms with Gasteiger partial charge in [-0.05, 0) is 18.9 Å². The van der Waals surface area contributed by atoms with E-state index in [-0.39, 0.29) is 5.78 Å². The van der Waals surface area contributed by atoms with Gasteiger partial charge < -0.3 is 10.5 Å². The molecule has 11 heavy (non-hydrogen) atoms. The van der Waals surface area contributed by atoms with Gasteiger partial charge in [0.25, 0.3) is 0 Å². The standard InChI is InChI=1S/C8H15NO2/c1-6(2)8(10)7(9)4-5-11-3/h7H,1,4-5,9H2,2-3H3. The normalized spacial score (nSPS) is 12.6. The summed E-state index contributed by atoms with van der Waals surface area (Å²) in [7, 11) is 1.58. The van der Waals surface area contributed by atoms with Crippen LogP contribution in [0.2, 0.25) is 0 Å². The van der Waals surface area contributed by atoms with Crippen molar-refractivity contribution in [1.29, 1.82) is 0 Å². The molecule has 0 bridgehead atoms. The third kappa shape index (κ3) is 3.91. The lowest BCUT2D eigenvalue weighted by Crippen LogP contribution is -2.31. The molecule has 0 aromatic carbocycles. The minimum atomic E-state index is -0.451. The lowest BCUT2D eigenvalue weighted by Gasteiger charge is -2.08. The minimum Gasteiger partial charge on any atom is -0.385 e. The lowest BCUT2D eigenvalue weighted by atomic mass is 10.1. The molecule has 0 aromatic heterocycles. The Morgan fingerprint density at radius 1 is 1.73 bits per heavy atom. The Morgan fingerprint density at radius 3 is 2.64 bits per heavy atom. The summed E-state index contributed by atoms with van der Waals surface area (Å²) in [5, 5.41) is 0. The van der Waals surface area contributed by atoms with E-state index in [0.717, 1.165) is 0 Å². The first kappa shape index (κ1) is 10.3. The second-order valence-corrected chi connectivity index (χ2v) is 2.53. The molecule has 0 aliphatic heterocycles. The Morgan fingerprint density at radius 2 is 2.27 bits per heavy atom. The zero-order chi connectivity index (χ0) is 8.85. The van der Waals surface area contributed by atoms with E-state index in [0.29, 0.717) is 18.6 Å². The molecule has 0 heterocycles. The molecule has 0 aliphatic rings. The fourth-order valence-corrected chi connectivity index (χ4v) is 0.692. The van der Waals surface area contributed by atoms with E-state index in [4.69, 9.17) is 10.5 Å². The number of hydrogen-bond donors (Lipinski definition) is 1. The Labute approximate surface area is 67.2 Å². The van der Waals surface area contributed by atoms with Crippen LogP contribution in [0.1, 0.15) is 13.3 Å². The summed E-state index contributed by atoms with van der Waals surface area (Å²) in [6, 6.07) is -0.451. The Balaban J connectivity index is 3.73. The van der Waals surface area contributed by atoms with Crippen LogP contribution < -0.4 is 5.73 Å². The van der Waals surface area contributed by atoms with Crippen molar-refractivity contribution in [3.05, 3.63) is 12.2 Å². The smallest absolute Gasteiger partial charge is 0.174 e. The molecule has 1 atom stereocenters. The highest BCUT2D eigenvalue weighted by molar-refractivity contribution is 5.98. The molecular formula is C8H15NO2. The molecule has 3 nitrogen and oxygen atoms in total. The Hall–Kier alpha value is -0.670. The van der Waals surface area contributed by atoms with Crippen LogP contribution in [0.15, 0.2) is 12.2 Å². The summed E-state index contributed by atoms with van der Waals surface area (Å²) in [4.78, 5) is 11.1. The predicted octanol–water partition coefficient (Wildman–Crippen LogP) is 0.495. The van der Waals surface area contributed by atoms with Gasteiger partial charge >= 0.3 is 0 Å². The van der Waals surface area contributed by atoms with Crippen molar-refractivity contribution in [1.82, 2.24) is 0 Å². The monoisotopic (exact) mass is 157 g/mol. The summed E-state index contributed by atoms with van der Waals surface area (Å²) in [6.45, 7) is 5.69. The van der Waals surface area contributed by atoms with Gasteiger partial charge in [-0.3, -0.25) is 4.79 Å². The average Bonchev–Trinajstić information content (AvgIpc) is 1.98. The van der Waals surface area contributed by atoms with Crippen LogP contribution in [0.4, 0.5) is 0 Å².